The number of aliphatic hydroxyl groups excluding tert-OH is 1. The van der Waals surface area contributed by atoms with E-state index >= 15 is 0 Å². The van der Waals surface area contributed by atoms with Crippen LogP contribution in [-0.4, -0.2) is 44.4 Å². The van der Waals surface area contributed by atoms with E-state index in [4.69, 9.17) is 0 Å². The fourth-order valence-corrected chi connectivity index (χ4v) is 4.17. The number of aromatic nitrogens is 2. The van der Waals surface area contributed by atoms with E-state index in [9.17, 15) is 23.1 Å². The highest BCUT2D eigenvalue weighted by atomic mass is 19.4. The van der Waals surface area contributed by atoms with E-state index in [0.29, 0.717) is 12.2 Å². The van der Waals surface area contributed by atoms with E-state index in [1.807, 2.05) is 4.90 Å². The van der Waals surface area contributed by atoms with E-state index in [0.717, 1.165) is 37.8 Å². The molecule has 27 heavy (non-hydrogen) atoms. The Hall–Kier alpha value is -2.35. The predicted octanol–water partition coefficient (Wildman–Crippen LogP) is 3.27. The Kier molecular flexibility index (Phi) is 4.25. The van der Waals surface area contributed by atoms with Gasteiger partial charge in [-0.1, -0.05) is 0 Å². The normalized spacial score (nSPS) is 21.5. The quantitative estimate of drug-likeness (QED) is 0.891. The van der Waals surface area contributed by atoms with E-state index in [2.05, 4.69) is 5.10 Å². The van der Waals surface area contributed by atoms with Gasteiger partial charge >= 0.3 is 6.18 Å². The van der Waals surface area contributed by atoms with Gasteiger partial charge in [-0.15, -0.1) is 0 Å². The lowest BCUT2D eigenvalue weighted by molar-refractivity contribution is -0.137. The van der Waals surface area contributed by atoms with Gasteiger partial charge in [0.25, 0.3) is 5.91 Å². The Morgan fingerprint density at radius 1 is 1.22 bits per heavy atom. The zero-order valence-electron chi connectivity index (χ0n) is 14.6. The summed E-state index contributed by atoms with van der Waals surface area (Å²) in [5.74, 6) is -0.0949. The fourth-order valence-electron chi connectivity index (χ4n) is 4.17. The lowest BCUT2D eigenvalue weighted by atomic mass is 9.73. The number of rotatable bonds is 3. The number of amides is 1. The van der Waals surface area contributed by atoms with Crippen molar-refractivity contribution < 1.29 is 23.1 Å². The molecule has 1 N–H and O–H groups in total. The molecule has 144 valence electrons. The number of hydrogen-bond acceptors (Lipinski definition) is 3. The molecular weight excluding hydrogens is 359 g/mol. The largest absolute Gasteiger partial charge is 0.416 e. The third kappa shape index (κ3) is 3.12. The topological polar surface area (TPSA) is 58.4 Å². The van der Waals surface area contributed by atoms with Gasteiger partial charge in [-0.25, -0.2) is 4.68 Å². The van der Waals surface area contributed by atoms with Gasteiger partial charge in [0.1, 0.15) is 0 Å². The van der Waals surface area contributed by atoms with Gasteiger partial charge in [0.15, 0.2) is 5.69 Å². The summed E-state index contributed by atoms with van der Waals surface area (Å²) in [7, 11) is 0. The molecule has 1 unspecified atom stereocenters. The number of carbonyl (C=O) groups is 1. The number of hydrogen-bond donors (Lipinski definition) is 1. The van der Waals surface area contributed by atoms with E-state index in [-0.39, 0.29) is 29.7 Å². The summed E-state index contributed by atoms with van der Waals surface area (Å²) in [6, 6.07) is 6.23. The molecular formula is C19H20F3N3O2. The molecule has 1 aliphatic carbocycles. The van der Waals surface area contributed by atoms with Crippen LogP contribution in [0.3, 0.4) is 0 Å². The third-order valence-corrected chi connectivity index (χ3v) is 5.74. The fraction of sp³-hybridized carbons (Fsp3) is 0.474. The zero-order chi connectivity index (χ0) is 19.2. The Labute approximate surface area is 154 Å². The number of carbonyl (C=O) groups excluding carboxylic acids is 1. The third-order valence-electron chi connectivity index (χ3n) is 5.74. The summed E-state index contributed by atoms with van der Waals surface area (Å²) >= 11 is 0. The highest BCUT2D eigenvalue weighted by Gasteiger charge is 2.51. The first-order valence-electron chi connectivity index (χ1n) is 8.98. The highest BCUT2D eigenvalue weighted by Crippen LogP contribution is 2.47. The number of aliphatic hydroxyl groups is 1. The smallest absolute Gasteiger partial charge is 0.396 e. The minimum Gasteiger partial charge on any atom is -0.396 e. The maximum Gasteiger partial charge on any atom is 0.416 e. The summed E-state index contributed by atoms with van der Waals surface area (Å²) in [5, 5.41) is 13.8. The van der Waals surface area contributed by atoms with Crippen LogP contribution in [-0.2, 0) is 6.18 Å². The molecule has 2 aliphatic rings. The average Bonchev–Trinajstić information content (AvgIpc) is 3.25. The van der Waals surface area contributed by atoms with Gasteiger partial charge in [-0.3, -0.25) is 4.79 Å². The van der Waals surface area contributed by atoms with Gasteiger partial charge in [-0.2, -0.15) is 18.3 Å². The molecule has 1 aromatic heterocycles. The second-order valence-electron chi connectivity index (χ2n) is 7.44. The minimum atomic E-state index is -4.39. The predicted molar refractivity (Wildman–Crippen MR) is 91.4 cm³/mol. The summed E-state index contributed by atoms with van der Waals surface area (Å²) in [6.45, 7) is 0.577. The second-order valence-corrected chi connectivity index (χ2v) is 7.44. The second kappa shape index (κ2) is 6.37. The van der Waals surface area contributed by atoms with Crippen LogP contribution in [0.1, 0.15) is 41.7 Å². The van der Waals surface area contributed by atoms with Crippen molar-refractivity contribution in [2.75, 3.05) is 13.2 Å². The monoisotopic (exact) mass is 379 g/mol. The van der Waals surface area contributed by atoms with Gasteiger partial charge < -0.3 is 10.0 Å². The number of nitrogens with zero attached hydrogens (tertiary/aromatic N) is 3. The molecule has 1 saturated carbocycles. The number of benzene rings is 1. The van der Waals surface area contributed by atoms with Gasteiger partial charge in [0, 0.05) is 30.8 Å². The number of halogens is 3. The molecule has 0 bridgehead atoms. The molecule has 2 fully saturated rings. The molecule has 1 amide bonds. The SMILES string of the molecule is O=C(c1ccn(-c2ccc(C(F)(F)F)cc2)n1)N1CC(CO)CC12CCC2. The Morgan fingerprint density at radius 3 is 2.48 bits per heavy atom. The van der Waals surface area contributed by atoms with Gasteiger partial charge in [-0.05, 0) is 56.0 Å². The number of likely N-dealkylation sites (tertiary alicyclic amines) is 1. The van der Waals surface area contributed by atoms with Crippen molar-refractivity contribution in [1.82, 2.24) is 14.7 Å². The van der Waals surface area contributed by atoms with Crippen molar-refractivity contribution in [1.29, 1.82) is 0 Å². The van der Waals surface area contributed by atoms with Crippen LogP contribution in [0.5, 0.6) is 0 Å². The standard InChI is InChI=1S/C19H20F3N3O2/c20-19(21,22)14-2-4-15(5-3-14)25-9-6-16(23-25)17(27)24-11-13(12-26)10-18(24)7-1-8-18/h2-6,9,13,26H,1,7-8,10-12H2. The van der Waals surface area contributed by atoms with Crippen molar-refractivity contribution >= 4 is 5.91 Å². The van der Waals surface area contributed by atoms with Crippen LogP contribution in [0.4, 0.5) is 13.2 Å². The summed E-state index contributed by atoms with van der Waals surface area (Å²) < 4.78 is 39.5. The van der Waals surface area contributed by atoms with Crippen LogP contribution < -0.4 is 0 Å². The molecule has 0 radical (unpaired) electrons. The molecule has 1 aromatic carbocycles. The van der Waals surface area contributed by atoms with Crippen LogP contribution >= 0.6 is 0 Å². The Bertz CT molecular complexity index is 841. The van der Waals surface area contributed by atoms with E-state index in [1.54, 1.807) is 12.3 Å². The van der Waals surface area contributed by atoms with Crippen LogP contribution in [0.15, 0.2) is 36.5 Å². The molecule has 2 aromatic rings. The molecule has 2 heterocycles. The van der Waals surface area contributed by atoms with Gasteiger partial charge in [0.05, 0.1) is 11.3 Å². The summed E-state index contributed by atoms with van der Waals surface area (Å²) in [4.78, 5) is 14.8. The summed E-state index contributed by atoms with van der Waals surface area (Å²) in [6.07, 6.45) is 0.948. The van der Waals surface area contributed by atoms with Crippen LogP contribution in [0.25, 0.3) is 5.69 Å². The molecule has 4 rings (SSSR count). The molecule has 8 heteroatoms. The van der Waals surface area contributed by atoms with Crippen LogP contribution in [0, 0.1) is 5.92 Å². The van der Waals surface area contributed by atoms with Crippen molar-refractivity contribution in [3.63, 3.8) is 0 Å². The summed E-state index contributed by atoms with van der Waals surface area (Å²) in [5.41, 5.74) is -0.175. The Morgan fingerprint density at radius 2 is 1.93 bits per heavy atom. The molecule has 1 atom stereocenters. The van der Waals surface area contributed by atoms with Crippen molar-refractivity contribution in [3.05, 3.63) is 47.8 Å². The first-order chi connectivity index (χ1) is 12.8. The van der Waals surface area contributed by atoms with Crippen LogP contribution in [0.2, 0.25) is 0 Å². The van der Waals surface area contributed by atoms with Gasteiger partial charge in [0.2, 0.25) is 0 Å². The van der Waals surface area contributed by atoms with Crippen molar-refractivity contribution in [3.8, 4) is 5.69 Å². The zero-order valence-corrected chi connectivity index (χ0v) is 14.6. The lowest BCUT2D eigenvalue weighted by Crippen LogP contribution is -2.52. The van der Waals surface area contributed by atoms with E-state index < -0.39 is 11.7 Å². The Balaban J connectivity index is 1.55. The van der Waals surface area contributed by atoms with E-state index in [1.165, 1.54) is 16.8 Å². The maximum atomic E-state index is 13.0. The molecule has 5 nitrogen and oxygen atoms in total. The molecule has 1 aliphatic heterocycles. The first kappa shape index (κ1) is 18.0. The van der Waals surface area contributed by atoms with Crippen molar-refractivity contribution in [2.24, 2.45) is 5.92 Å². The first-order valence-corrected chi connectivity index (χ1v) is 8.98. The highest BCUT2D eigenvalue weighted by molar-refractivity contribution is 5.93. The molecule has 1 saturated heterocycles. The average molecular weight is 379 g/mol. The number of alkyl halides is 3. The van der Waals surface area contributed by atoms with Crippen molar-refractivity contribution in [2.45, 2.75) is 37.4 Å². The maximum absolute atomic E-state index is 13.0. The molecule has 1 spiro atoms. The lowest BCUT2D eigenvalue weighted by Gasteiger charge is -2.45. The minimum absolute atomic E-state index is 0.0610.